The predicted molar refractivity (Wildman–Crippen MR) is 89.5 cm³/mol. The number of allylic oxidation sites excluding steroid dienone is 2. The van der Waals surface area contributed by atoms with Crippen LogP contribution in [-0.4, -0.2) is 17.5 Å². The molecule has 0 aliphatic carbocycles. The van der Waals surface area contributed by atoms with Gasteiger partial charge in [0.1, 0.15) is 5.82 Å². The molecule has 1 heterocycles. The minimum atomic E-state index is -2.74. The fourth-order valence-corrected chi connectivity index (χ4v) is 2.14. The first-order chi connectivity index (χ1) is 11.9. The number of aldehydes is 1. The lowest BCUT2D eigenvalue weighted by atomic mass is 10.0. The molecule has 2 aromatic rings. The standard InChI is InChI=1S/C18H16F3N3O/c1-11(22)15(10-25)9-24-17-7-12(2-3-23-17)4-13-5-14(18(20)21)8-16(19)6-13/h2-3,5-10,18H,4,22H2,1H3/b15-11+,24-9?. The molecule has 0 unspecified atom stereocenters. The Kier molecular flexibility index (Phi) is 6.05. The SMILES string of the molecule is C/C(N)=C(\C=O)C=Nc1cc(Cc2cc(F)cc(C(F)F)c2)ccn1. The second-order valence-corrected chi connectivity index (χ2v) is 5.41. The number of hydrogen-bond donors (Lipinski definition) is 1. The molecule has 4 nitrogen and oxygen atoms in total. The van der Waals surface area contributed by atoms with E-state index in [1.807, 2.05) is 0 Å². The summed E-state index contributed by atoms with van der Waals surface area (Å²) in [5, 5.41) is 0. The normalized spacial score (nSPS) is 12.5. The molecule has 130 valence electrons. The van der Waals surface area contributed by atoms with Crippen LogP contribution in [0.4, 0.5) is 19.0 Å². The molecule has 0 aliphatic rings. The van der Waals surface area contributed by atoms with Crippen LogP contribution in [0.5, 0.6) is 0 Å². The van der Waals surface area contributed by atoms with Crippen LogP contribution in [-0.2, 0) is 11.2 Å². The molecule has 0 aliphatic heterocycles. The van der Waals surface area contributed by atoms with E-state index in [9.17, 15) is 18.0 Å². The van der Waals surface area contributed by atoms with Crippen molar-refractivity contribution in [3.8, 4) is 0 Å². The molecular weight excluding hydrogens is 331 g/mol. The van der Waals surface area contributed by atoms with E-state index in [1.54, 1.807) is 19.1 Å². The highest BCUT2D eigenvalue weighted by Gasteiger charge is 2.10. The summed E-state index contributed by atoms with van der Waals surface area (Å²) in [5.41, 5.74) is 6.88. The second-order valence-electron chi connectivity index (χ2n) is 5.41. The van der Waals surface area contributed by atoms with Crippen LogP contribution in [0.1, 0.15) is 30.0 Å². The van der Waals surface area contributed by atoms with Gasteiger partial charge in [0.2, 0.25) is 0 Å². The highest BCUT2D eigenvalue weighted by Crippen LogP contribution is 2.23. The highest BCUT2D eigenvalue weighted by atomic mass is 19.3. The van der Waals surface area contributed by atoms with Crippen LogP contribution in [0.3, 0.4) is 0 Å². The van der Waals surface area contributed by atoms with Crippen molar-refractivity contribution >= 4 is 18.3 Å². The Labute approximate surface area is 142 Å². The molecule has 2 N–H and O–H groups in total. The summed E-state index contributed by atoms with van der Waals surface area (Å²) in [6.45, 7) is 1.57. The van der Waals surface area contributed by atoms with E-state index in [-0.39, 0.29) is 17.6 Å². The molecule has 7 heteroatoms. The van der Waals surface area contributed by atoms with Crippen molar-refractivity contribution in [2.45, 2.75) is 19.8 Å². The number of nitrogens with zero attached hydrogens (tertiary/aromatic N) is 2. The van der Waals surface area contributed by atoms with E-state index < -0.39 is 12.2 Å². The van der Waals surface area contributed by atoms with Gasteiger partial charge in [-0.25, -0.2) is 23.1 Å². The van der Waals surface area contributed by atoms with Gasteiger partial charge in [-0.05, 0) is 54.8 Å². The minimum Gasteiger partial charge on any atom is -0.402 e. The third kappa shape index (κ3) is 5.27. The summed E-state index contributed by atoms with van der Waals surface area (Å²) < 4.78 is 39.0. The summed E-state index contributed by atoms with van der Waals surface area (Å²) in [7, 11) is 0. The number of hydrogen-bond acceptors (Lipinski definition) is 4. The lowest BCUT2D eigenvalue weighted by Gasteiger charge is -2.06. The van der Waals surface area contributed by atoms with Gasteiger partial charge in [-0.15, -0.1) is 0 Å². The van der Waals surface area contributed by atoms with E-state index >= 15 is 0 Å². The number of aromatic nitrogens is 1. The number of nitrogens with two attached hydrogens (primary N) is 1. The maximum absolute atomic E-state index is 13.5. The minimum absolute atomic E-state index is 0.235. The van der Waals surface area contributed by atoms with E-state index in [0.29, 0.717) is 28.9 Å². The predicted octanol–water partition coefficient (Wildman–Crippen LogP) is 3.88. The zero-order valence-electron chi connectivity index (χ0n) is 13.4. The molecule has 0 saturated heterocycles. The monoisotopic (exact) mass is 347 g/mol. The molecule has 0 fully saturated rings. The molecule has 1 aromatic carbocycles. The Balaban J connectivity index is 2.24. The van der Waals surface area contributed by atoms with Crippen molar-refractivity contribution in [3.63, 3.8) is 0 Å². The molecule has 0 spiro atoms. The van der Waals surface area contributed by atoms with Crippen molar-refractivity contribution in [3.05, 3.63) is 70.3 Å². The smallest absolute Gasteiger partial charge is 0.263 e. The third-order valence-electron chi connectivity index (χ3n) is 3.37. The van der Waals surface area contributed by atoms with E-state index in [4.69, 9.17) is 5.73 Å². The molecule has 1 aromatic heterocycles. The number of benzene rings is 1. The lowest BCUT2D eigenvalue weighted by Crippen LogP contribution is -2.00. The van der Waals surface area contributed by atoms with Crippen molar-refractivity contribution in [1.82, 2.24) is 4.98 Å². The van der Waals surface area contributed by atoms with Gasteiger partial charge < -0.3 is 5.73 Å². The lowest BCUT2D eigenvalue weighted by molar-refractivity contribution is -0.104. The molecule has 2 rings (SSSR count). The topological polar surface area (TPSA) is 68.3 Å². The Hall–Kier alpha value is -2.96. The molecule has 0 amide bonds. The van der Waals surface area contributed by atoms with Crippen LogP contribution >= 0.6 is 0 Å². The molecule has 0 radical (unpaired) electrons. The first-order valence-corrected chi connectivity index (χ1v) is 7.37. The van der Waals surface area contributed by atoms with Gasteiger partial charge >= 0.3 is 0 Å². The van der Waals surface area contributed by atoms with Crippen LogP contribution in [0.2, 0.25) is 0 Å². The highest BCUT2D eigenvalue weighted by molar-refractivity contribution is 6.03. The first kappa shape index (κ1) is 18.4. The fraction of sp³-hybridized carbons (Fsp3) is 0.167. The molecule has 0 bridgehead atoms. The Morgan fingerprint density at radius 2 is 2.04 bits per heavy atom. The Morgan fingerprint density at radius 3 is 2.68 bits per heavy atom. The zero-order valence-corrected chi connectivity index (χ0v) is 13.4. The third-order valence-corrected chi connectivity index (χ3v) is 3.37. The number of pyridine rings is 1. The number of carbonyl (C=O) groups is 1. The fourth-order valence-electron chi connectivity index (χ4n) is 2.14. The number of halogens is 3. The maximum Gasteiger partial charge on any atom is 0.263 e. The number of aliphatic imine (C=N–C) groups is 1. The first-order valence-electron chi connectivity index (χ1n) is 7.37. The van der Waals surface area contributed by atoms with Gasteiger partial charge in [0.15, 0.2) is 12.1 Å². The molecular formula is C18H16F3N3O. The Bertz CT molecular complexity index is 828. The van der Waals surface area contributed by atoms with Gasteiger partial charge in [-0.3, -0.25) is 4.79 Å². The van der Waals surface area contributed by atoms with E-state index in [1.165, 1.54) is 24.5 Å². The van der Waals surface area contributed by atoms with Gasteiger partial charge in [0.05, 0.1) is 5.57 Å². The van der Waals surface area contributed by atoms with Gasteiger partial charge in [-0.2, -0.15) is 0 Å². The van der Waals surface area contributed by atoms with Crippen molar-refractivity contribution in [1.29, 1.82) is 0 Å². The van der Waals surface area contributed by atoms with Crippen LogP contribution in [0.25, 0.3) is 0 Å². The summed E-state index contributed by atoms with van der Waals surface area (Å²) in [6.07, 6.45) is 0.886. The molecule has 0 saturated carbocycles. The van der Waals surface area contributed by atoms with E-state index in [0.717, 1.165) is 6.07 Å². The summed E-state index contributed by atoms with van der Waals surface area (Å²) >= 11 is 0. The Morgan fingerprint density at radius 1 is 1.28 bits per heavy atom. The number of carbonyl (C=O) groups excluding carboxylic acids is 1. The van der Waals surface area contributed by atoms with Crippen LogP contribution in [0, 0.1) is 5.82 Å². The molecule has 25 heavy (non-hydrogen) atoms. The van der Waals surface area contributed by atoms with Gasteiger partial charge in [0, 0.05) is 23.7 Å². The summed E-state index contributed by atoms with van der Waals surface area (Å²) in [6, 6.07) is 6.59. The van der Waals surface area contributed by atoms with Crippen LogP contribution < -0.4 is 5.73 Å². The summed E-state index contributed by atoms with van der Waals surface area (Å²) in [5.74, 6) is -0.386. The maximum atomic E-state index is 13.5. The van der Waals surface area contributed by atoms with Crippen LogP contribution in [0.15, 0.2) is 52.8 Å². The van der Waals surface area contributed by atoms with Gasteiger partial charge in [-0.1, -0.05) is 0 Å². The average Bonchev–Trinajstić information content (AvgIpc) is 2.55. The summed E-state index contributed by atoms with van der Waals surface area (Å²) in [4.78, 5) is 19.0. The van der Waals surface area contributed by atoms with Crippen molar-refractivity contribution in [2.24, 2.45) is 10.7 Å². The number of alkyl halides is 2. The second kappa shape index (κ2) is 8.23. The molecule has 0 atom stereocenters. The van der Waals surface area contributed by atoms with Crippen molar-refractivity contribution < 1.29 is 18.0 Å². The quantitative estimate of drug-likeness (QED) is 0.490. The zero-order chi connectivity index (χ0) is 18.4. The largest absolute Gasteiger partial charge is 0.402 e. The average molecular weight is 347 g/mol. The van der Waals surface area contributed by atoms with E-state index in [2.05, 4.69) is 9.98 Å². The van der Waals surface area contributed by atoms with Gasteiger partial charge in [0.25, 0.3) is 6.43 Å². The number of rotatable bonds is 6. The van der Waals surface area contributed by atoms with Crippen molar-refractivity contribution in [2.75, 3.05) is 0 Å².